The molecule has 6 aliphatic rings. The Hall–Kier alpha value is -2.09. The number of rotatable bonds is 0. The van der Waals surface area contributed by atoms with Crippen LogP contribution in [0.5, 0.6) is 0 Å². The molecule has 7 nitrogen and oxygen atoms in total. The number of carbonyl (C=O) groups is 3. The van der Waals surface area contributed by atoms with E-state index < -0.39 is 45.6 Å². The van der Waals surface area contributed by atoms with Gasteiger partial charge in [0.05, 0.1) is 11.5 Å². The summed E-state index contributed by atoms with van der Waals surface area (Å²) >= 11 is 0. The average molecular weight is 483 g/mol. The van der Waals surface area contributed by atoms with Gasteiger partial charge in [0, 0.05) is 11.0 Å². The Morgan fingerprint density at radius 3 is 2.31 bits per heavy atom. The topological polar surface area (TPSA) is 121 Å². The molecule has 7 heteroatoms. The number of fused-ring (bicyclic) bond motifs is 5. The van der Waals surface area contributed by atoms with E-state index in [0.717, 1.165) is 5.57 Å². The lowest BCUT2D eigenvalue weighted by molar-refractivity contribution is -0.280. The van der Waals surface area contributed by atoms with Crippen LogP contribution in [0.1, 0.15) is 66.7 Å². The highest BCUT2D eigenvalue weighted by molar-refractivity contribution is 6.12. The second-order valence-corrected chi connectivity index (χ2v) is 12.3. The number of Topliss-reactive ketones (excluding diaryl/α,β-unsaturated/α-hetero) is 1. The predicted molar refractivity (Wildman–Crippen MR) is 125 cm³/mol. The number of aliphatic hydroxyl groups is 3. The Morgan fingerprint density at radius 2 is 1.69 bits per heavy atom. The van der Waals surface area contributed by atoms with Gasteiger partial charge in [-0.2, -0.15) is 0 Å². The molecule has 3 N–H and O–H groups in total. The zero-order chi connectivity index (χ0) is 25.5. The van der Waals surface area contributed by atoms with Gasteiger partial charge in [-0.25, -0.2) is 4.79 Å². The van der Waals surface area contributed by atoms with Gasteiger partial charge >= 0.3 is 5.97 Å². The fourth-order valence-electron chi connectivity index (χ4n) is 9.57. The monoisotopic (exact) mass is 482 g/mol. The van der Waals surface area contributed by atoms with Crippen LogP contribution in [-0.2, 0) is 19.1 Å². The normalized spacial score (nSPS) is 52.6. The smallest absolute Gasteiger partial charge is 0.335 e. The fraction of sp³-hybridized carbons (Fsp3) is 0.679. The summed E-state index contributed by atoms with van der Waals surface area (Å²) in [6, 6.07) is 0. The maximum absolute atomic E-state index is 14.0. The number of carbonyl (C=O) groups excluding carboxylic acids is 3. The van der Waals surface area contributed by atoms with E-state index in [2.05, 4.69) is 0 Å². The highest BCUT2D eigenvalue weighted by atomic mass is 16.6. The Kier molecular flexibility index (Phi) is 4.28. The van der Waals surface area contributed by atoms with Gasteiger partial charge in [-0.3, -0.25) is 9.59 Å². The molecule has 0 aromatic carbocycles. The van der Waals surface area contributed by atoms with Gasteiger partial charge in [0.25, 0.3) is 0 Å². The predicted octanol–water partition coefficient (Wildman–Crippen LogP) is 2.33. The van der Waals surface area contributed by atoms with Crippen molar-refractivity contribution >= 4 is 17.5 Å². The first-order valence-corrected chi connectivity index (χ1v) is 12.7. The molecule has 0 unspecified atom stereocenters. The molecule has 6 rings (SSSR count). The van der Waals surface area contributed by atoms with Gasteiger partial charge in [0.1, 0.15) is 11.2 Å². The van der Waals surface area contributed by atoms with Crippen molar-refractivity contribution in [1.29, 1.82) is 0 Å². The van der Waals surface area contributed by atoms with Crippen molar-refractivity contribution in [3.63, 3.8) is 0 Å². The van der Waals surface area contributed by atoms with Crippen LogP contribution in [0.3, 0.4) is 0 Å². The van der Waals surface area contributed by atoms with Crippen LogP contribution in [0.15, 0.2) is 34.4 Å². The van der Waals surface area contributed by atoms with Crippen LogP contribution in [0.2, 0.25) is 0 Å². The SMILES string of the molecule is CC1=C(C)[C@]2(OC1=O)C(=O)C(C)=C1CC[C@H]3[C@@H]4C[C@@H](O)[C@@]5(O)CC=CC(=O)[C@]5(C)[C@H]4C[C@@]2(O)[C@]13C. The third-order valence-electron chi connectivity index (χ3n) is 11.7. The number of ketones is 2. The molecule has 35 heavy (non-hydrogen) atoms. The number of hydrogen-bond donors (Lipinski definition) is 3. The number of hydrogen-bond acceptors (Lipinski definition) is 7. The molecule has 188 valence electrons. The fourth-order valence-corrected chi connectivity index (χ4v) is 9.57. The van der Waals surface area contributed by atoms with E-state index in [-0.39, 0.29) is 36.2 Å². The van der Waals surface area contributed by atoms with E-state index in [9.17, 15) is 29.7 Å². The molecule has 0 amide bonds. The Balaban J connectivity index is 1.64. The lowest BCUT2D eigenvalue weighted by atomic mass is 9.37. The van der Waals surface area contributed by atoms with Crippen molar-refractivity contribution < 1.29 is 34.4 Å². The summed E-state index contributed by atoms with van der Waals surface area (Å²) < 4.78 is 5.92. The number of aliphatic hydroxyl groups excluding tert-OH is 1. The van der Waals surface area contributed by atoms with Gasteiger partial charge < -0.3 is 20.1 Å². The summed E-state index contributed by atoms with van der Waals surface area (Å²) in [6.45, 7) is 8.74. The van der Waals surface area contributed by atoms with Crippen molar-refractivity contribution in [3.05, 3.63) is 34.4 Å². The van der Waals surface area contributed by atoms with Crippen LogP contribution < -0.4 is 0 Å². The van der Waals surface area contributed by atoms with Crippen LogP contribution in [0.25, 0.3) is 0 Å². The minimum atomic E-state index is -1.86. The van der Waals surface area contributed by atoms with Crippen molar-refractivity contribution in [2.75, 3.05) is 0 Å². The van der Waals surface area contributed by atoms with E-state index in [0.29, 0.717) is 36.0 Å². The lowest BCUT2D eigenvalue weighted by Gasteiger charge is -2.68. The lowest BCUT2D eigenvalue weighted by Crippen LogP contribution is -2.78. The van der Waals surface area contributed by atoms with Gasteiger partial charge in [0.2, 0.25) is 11.4 Å². The quantitative estimate of drug-likeness (QED) is 0.453. The summed E-state index contributed by atoms with van der Waals surface area (Å²) in [5, 5.41) is 35.9. The number of allylic oxidation sites excluding steroid dienone is 1. The highest BCUT2D eigenvalue weighted by Crippen LogP contribution is 2.74. The minimum Gasteiger partial charge on any atom is -0.439 e. The molecule has 0 saturated heterocycles. The van der Waals surface area contributed by atoms with E-state index in [1.54, 1.807) is 33.8 Å². The second kappa shape index (κ2) is 6.42. The minimum absolute atomic E-state index is 0.0101. The van der Waals surface area contributed by atoms with Crippen LogP contribution >= 0.6 is 0 Å². The molecule has 0 radical (unpaired) electrons. The second-order valence-electron chi connectivity index (χ2n) is 12.3. The maximum Gasteiger partial charge on any atom is 0.335 e. The molecule has 1 aliphatic heterocycles. The van der Waals surface area contributed by atoms with E-state index in [4.69, 9.17) is 4.74 Å². The highest BCUT2D eigenvalue weighted by Gasteiger charge is 2.81. The zero-order valence-corrected chi connectivity index (χ0v) is 21.0. The molecule has 0 aromatic rings. The molecule has 3 fully saturated rings. The molecule has 3 saturated carbocycles. The van der Waals surface area contributed by atoms with Crippen molar-refractivity contribution in [3.8, 4) is 0 Å². The zero-order valence-electron chi connectivity index (χ0n) is 21.0. The van der Waals surface area contributed by atoms with Crippen molar-refractivity contribution in [1.82, 2.24) is 0 Å². The van der Waals surface area contributed by atoms with Crippen molar-refractivity contribution in [2.45, 2.75) is 89.6 Å². The van der Waals surface area contributed by atoms with E-state index >= 15 is 0 Å². The molecule has 0 bridgehead atoms. The number of ether oxygens (including phenoxy) is 1. The Labute approximate surface area is 204 Å². The largest absolute Gasteiger partial charge is 0.439 e. The summed E-state index contributed by atoms with van der Waals surface area (Å²) in [4.78, 5) is 40.4. The molecular weight excluding hydrogens is 448 g/mol. The van der Waals surface area contributed by atoms with Gasteiger partial charge in [0.15, 0.2) is 5.78 Å². The first-order valence-electron chi connectivity index (χ1n) is 12.7. The summed E-state index contributed by atoms with van der Waals surface area (Å²) in [6.07, 6.45) is 3.78. The number of esters is 1. The summed E-state index contributed by atoms with van der Waals surface area (Å²) in [5.41, 5.74) is -5.38. The van der Waals surface area contributed by atoms with Crippen molar-refractivity contribution in [2.24, 2.45) is 28.6 Å². The molecule has 9 atom stereocenters. The van der Waals surface area contributed by atoms with E-state index in [1.165, 1.54) is 6.08 Å². The summed E-state index contributed by atoms with van der Waals surface area (Å²) in [5.74, 6) is -2.08. The maximum atomic E-state index is 14.0. The first kappa shape index (κ1) is 23.3. The Morgan fingerprint density at radius 1 is 1.00 bits per heavy atom. The summed E-state index contributed by atoms with van der Waals surface area (Å²) in [7, 11) is 0. The van der Waals surface area contributed by atoms with E-state index in [1.807, 2.05) is 6.92 Å². The average Bonchev–Trinajstić information content (AvgIpc) is 3.28. The van der Waals surface area contributed by atoms with Gasteiger partial charge in [-0.05, 0) is 94.8 Å². The first-order chi connectivity index (χ1) is 16.2. The third-order valence-corrected chi connectivity index (χ3v) is 11.7. The molecule has 1 heterocycles. The third kappa shape index (κ3) is 2.09. The molecule has 0 aromatic heterocycles. The molecule has 5 aliphatic carbocycles. The molecule has 1 spiro atoms. The van der Waals surface area contributed by atoms with Gasteiger partial charge in [-0.1, -0.05) is 18.6 Å². The van der Waals surface area contributed by atoms with Crippen LogP contribution in [0.4, 0.5) is 0 Å². The van der Waals surface area contributed by atoms with Crippen LogP contribution in [0, 0.1) is 28.6 Å². The standard InChI is InChI=1S/C28H34O7/c1-13-15(3)28(35-23(13)32)22(31)14(2)17-8-9-18-16-11-21(30)26(33)10-6-7-20(29)25(26,5)19(16)12-27(28,34)24(17,18)4/h6-7,16,18-19,21,30,33-34H,8-12H2,1-5H3/t16-,18-,19-,21+,24+,25-,26-,27+,28-/m0/s1. The van der Waals surface area contributed by atoms with Gasteiger partial charge in [-0.15, -0.1) is 0 Å². The van der Waals surface area contributed by atoms with Crippen LogP contribution in [-0.4, -0.2) is 55.8 Å². The Bertz CT molecular complexity index is 1210. The molecular formula is C28H34O7.